The monoisotopic (exact) mass is 319 g/mol. The van der Waals surface area contributed by atoms with Gasteiger partial charge >= 0.3 is 0 Å². The van der Waals surface area contributed by atoms with Gasteiger partial charge in [0.2, 0.25) is 11.8 Å². The third-order valence-electron chi connectivity index (χ3n) is 3.27. The van der Waals surface area contributed by atoms with Crippen molar-refractivity contribution in [1.29, 1.82) is 0 Å². The van der Waals surface area contributed by atoms with Crippen molar-refractivity contribution in [3.05, 3.63) is 29.8 Å². The smallest absolute Gasteiger partial charge is 0.267 e. The molecule has 1 aromatic carbocycles. The van der Waals surface area contributed by atoms with Crippen LogP contribution in [-0.2, 0) is 20.8 Å². The molecule has 3 N–H and O–H groups in total. The molecule has 23 heavy (non-hydrogen) atoms. The van der Waals surface area contributed by atoms with E-state index in [0.717, 1.165) is 11.3 Å². The molecule has 0 spiro atoms. The van der Waals surface area contributed by atoms with Gasteiger partial charge in [0.1, 0.15) is 11.8 Å². The molecular formula is C16H21N3O4. The number of amides is 3. The largest absolute Gasteiger partial charge is 0.497 e. The van der Waals surface area contributed by atoms with Gasteiger partial charge in [-0.15, -0.1) is 0 Å². The number of carbonyl (C=O) groups is 3. The molecule has 0 fully saturated rings. The molecule has 1 rings (SSSR count). The Balaban J connectivity index is 2.51. The van der Waals surface area contributed by atoms with E-state index in [1.807, 2.05) is 24.3 Å². The lowest BCUT2D eigenvalue weighted by Gasteiger charge is -2.14. The number of benzene rings is 1. The fraction of sp³-hybridized carbons (Fsp3) is 0.375. The molecule has 0 aromatic heterocycles. The Morgan fingerprint density at radius 3 is 2.43 bits per heavy atom. The number of rotatable bonds is 9. The molecule has 0 saturated heterocycles. The number of aryl methyl sites for hydroxylation is 1. The average molecular weight is 319 g/mol. The van der Waals surface area contributed by atoms with Crippen molar-refractivity contribution in [2.45, 2.75) is 31.7 Å². The lowest BCUT2D eigenvalue weighted by atomic mass is 10.1. The Kier molecular flexibility index (Phi) is 7.45. The van der Waals surface area contributed by atoms with E-state index < -0.39 is 17.9 Å². The molecule has 1 aromatic rings. The van der Waals surface area contributed by atoms with Crippen molar-refractivity contribution in [2.75, 3.05) is 7.11 Å². The molecule has 0 saturated carbocycles. The molecule has 1 atom stereocenters. The fourth-order valence-corrected chi connectivity index (χ4v) is 1.97. The summed E-state index contributed by atoms with van der Waals surface area (Å²) in [4.78, 5) is 37.6. The predicted molar refractivity (Wildman–Crippen MR) is 86.2 cm³/mol. The minimum absolute atomic E-state index is 0.00924. The minimum Gasteiger partial charge on any atom is -0.497 e. The van der Waals surface area contributed by atoms with Gasteiger partial charge in [0.05, 0.1) is 7.11 Å². The summed E-state index contributed by atoms with van der Waals surface area (Å²) in [6, 6.07) is 6.49. The molecule has 0 aliphatic carbocycles. The highest BCUT2D eigenvalue weighted by molar-refractivity contribution is 5.90. The van der Waals surface area contributed by atoms with Crippen molar-refractivity contribution in [1.82, 2.24) is 5.32 Å². The second-order valence-electron chi connectivity index (χ2n) is 4.97. The van der Waals surface area contributed by atoms with Crippen molar-refractivity contribution in [3.63, 3.8) is 0 Å². The number of nitrogens with two attached hydrogens (primary N) is 1. The van der Waals surface area contributed by atoms with E-state index in [9.17, 15) is 14.4 Å². The van der Waals surface area contributed by atoms with E-state index in [1.165, 1.54) is 0 Å². The van der Waals surface area contributed by atoms with Crippen LogP contribution in [0.3, 0.4) is 0 Å². The van der Waals surface area contributed by atoms with Crippen molar-refractivity contribution in [3.8, 4) is 5.75 Å². The van der Waals surface area contributed by atoms with E-state index in [2.05, 4.69) is 17.0 Å². The van der Waals surface area contributed by atoms with Gasteiger partial charge in [0.25, 0.3) is 5.91 Å². The number of nitrogens with one attached hydrogen (secondary N) is 1. The second-order valence-corrected chi connectivity index (χ2v) is 4.97. The summed E-state index contributed by atoms with van der Waals surface area (Å²) in [6.45, 7) is 3.15. The molecule has 7 heteroatoms. The predicted octanol–water partition coefficient (Wildman–Crippen LogP) is 0.605. The van der Waals surface area contributed by atoms with E-state index in [1.54, 1.807) is 7.11 Å². The van der Waals surface area contributed by atoms with Crippen molar-refractivity contribution >= 4 is 24.4 Å². The van der Waals surface area contributed by atoms with E-state index in [0.29, 0.717) is 6.42 Å². The van der Waals surface area contributed by atoms with Gasteiger partial charge in [-0.2, -0.15) is 0 Å². The van der Waals surface area contributed by atoms with Gasteiger partial charge in [0.15, 0.2) is 0 Å². The molecular weight excluding hydrogens is 298 g/mol. The standard InChI is InChI=1S/C16H21N3O4/c1-18-16(22)13(8-9-14(17)20)19-15(21)10-5-11-3-6-12(23-2)7-4-11/h3-4,6-7,13H,1,5,8-10H2,2H3,(H2,17,20)(H,19,21)/t13-/m0/s1. The van der Waals surface area contributed by atoms with Crippen LogP contribution >= 0.6 is 0 Å². The zero-order valence-electron chi connectivity index (χ0n) is 13.1. The van der Waals surface area contributed by atoms with Gasteiger partial charge < -0.3 is 15.8 Å². The molecule has 0 bridgehead atoms. The topological polar surface area (TPSA) is 111 Å². The summed E-state index contributed by atoms with van der Waals surface area (Å²) >= 11 is 0. The quantitative estimate of drug-likeness (QED) is 0.649. The summed E-state index contributed by atoms with van der Waals surface area (Å²) < 4.78 is 5.06. The zero-order chi connectivity index (χ0) is 17.2. The van der Waals surface area contributed by atoms with Crippen LogP contribution in [-0.4, -0.2) is 37.6 Å². The highest BCUT2D eigenvalue weighted by Gasteiger charge is 2.20. The zero-order valence-corrected chi connectivity index (χ0v) is 13.1. The van der Waals surface area contributed by atoms with Gasteiger partial charge in [-0.3, -0.25) is 14.4 Å². The van der Waals surface area contributed by atoms with Gasteiger partial charge in [-0.1, -0.05) is 12.1 Å². The molecule has 124 valence electrons. The maximum Gasteiger partial charge on any atom is 0.267 e. The summed E-state index contributed by atoms with van der Waals surface area (Å²) in [5.74, 6) is -0.678. The van der Waals surface area contributed by atoms with Crippen LogP contribution in [0.2, 0.25) is 0 Å². The Morgan fingerprint density at radius 2 is 1.91 bits per heavy atom. The van der Waals surface area contributed by atoms with Crippen LogP contribution in [0.25, 0.3) is 0 Å². The van der Waals surface area contributed by atoms with Crippen LogP contribution in [0.5, 0.6) is 5.75 Å². The highest BCUT2D eigenvalue weighted by atomic mass is 16.5. The molecule has 0 radical (unpaired) electrons. The fourth-order valence-electron chi connectivity index (χ4n) is 1.97. The number of hydrogen-bond donors (Lipinski definition) is 2. The molecule has 3 amide bonds. The number of hydrogen-bond acceptors (Lipinski definition) is 4. The summed E-state index contributed by atoms with van der Waals surface area (Å²) in [5.41, 5.74) is 6.03. The van der Waals surface area contributed by atoms with Crippen molar-refractivity contribution in [2.24, 2.45) is 10.7 Å². The molecule has 7 nitrogen and oxygen atoms in total. The van der Waals surface area contributed by atoms with E-state index in [4.69, 9.17) is 10.5 Å². The Bertz CT molecular complexity index is 569. The lowest BCUT2D eigenvalue weighted by Crippen LogP contribution is -2.40. The van der Waals surface area contributed by atoms with Crippen molar-refractivity contribution < 1.29 is 19.1 Å². The summed E-state index contributed by atoms with van der Waals surface area (Å²) in [7, 11) is 1.58. The first-order chi connectivity index (χ1) is 11.0. The second kappa shape index (κ2) is 9.34. The normalized spacial score (nSPS) is 11.3. The first-order valence-corrected chi connectivity index (χ1v) is 7.17. The number of ether oxygens (including phenoxy) is 1. The molecule has 0 aliphatic rings. The Morgan fingerprint density at radius 1 is 1.26 bits per heavy atom. The first-order valence-electron chi connectivity index (χ1n) is 7.17. The number of methoxy groups -OCH3 is 1. The third kappa shape index (κ3) is 6.73. The summed E-state index contributed by atoms with van der Waals surface area (Å²) in [5, 5.41) is 2.56. The maximum absolute atomic E-state index is 11.9. The van der Waals surface area contributed by atoms with Crippen LogP contribution in [0, 0.1) is 0 Å². The minimum atomic E-state index is -0.872. The van der Waals surface area contributed by atoms with Crippen LogP contribution < -0.4 is 15.8 Å². The average Bonchev–Trinajstić information content (AvgIpc) is 2.56. The number of primary amides is 1. The van der Waals surface area contributed by atoms with Gasteiger partial charge in [-0.25, -0.2) is 4.99 Å². The SMILES string of the molecule is C=NC(=O)[C@H](CCC(N)=O)NC(=O)CCc1ccc(OC)cc1. The highest BCUT2D eigenvalue weighted by Crippen LogP contribution is 2.12. The maximum atomic E-state index is 11.9. The van der Waals surface area contributed by atoms with Gasteiger partial charge in [-0.05, 0) is 37.3 Å². The number of aliphatic imine (C=N–C) groups is 1. The van der Waals surface area contributed by atoms with Gasteiger partial charge in [0, 0.05) is 12.8 Å². The Hall–Kier alpha value is -2.70. The number of nitrogens with zero attached hydrogens (tertiary/aromatic N) is 1. The first kappa shape index (κ1) is 18.3. The van der Waals surface area contributed by atoms with E-state index in [-0.39, 0.29) is 25.2 Å². The van der Waals surface area contributed by atoms with Crippen LogP contribution in [0.1, 0.15) is 24.8 Å². The lowest BCUT2D eigenvalue weighted by molar-refractivity contribution is -0.127. The number of carbonyl (C=O) groups excluding carboxylic acids is 3. The summed E-state index contributed by atoms with van der Waals surface area (Å²) in [6.07, 6.45) is 0.837. The molecule has 0 aliphatic heterocycles. The molecule has 0 unspecified atom stereocenters. The third-order valence-corrected chi connectivity index (χ3v) is 3.27. The molecule has 0 heterocycles. The Labute approximate surface area is 134 Å². The van der Waals surface area contributed by atoms with Crippen LogP contribution in [0.4, 0.5) is 0 Å². The van der Waals surface area contributed by atoms with Crippen LogP contribution in [0.15, 0.2) is 29.3 Å². The van der Waals surface area contributed by atoms with E-state index >= 15 is 0 Å².